The lowest BCUT2D eigenvalue weighted by Crippen LogP contribution is -2.56. The number of amides is 2. The number of aliphatic hydroxyl groups is 1. The molecule has 2 aromatic rings. The lowest BCUT2D eigenvalue weighted by Gasteiger charge is -2.40. The topological polar surface area (TPSA) is 52.6 Å². The molecule has 0 radical (unpaired) electrons. The van der Waals surface area contributed by atoms with E-state index in [0.29, 0.717) is 6.54 Å². The van der Waals surface area contributed by atoms with Gasteiger partial charge in [-0.25, -0.2) is 4.79 Å². The predicted octanol–water partition coefficient (Wildman–Crippen LogP) is 3.17. The molecule has 126 valence electrons. The lowest BCUT2D eigenvalue weighted by molar-refractivity contribution is 0.0693. The monoisotopic (exact) mass is 324 g/mol. The van der Waals surface area contributed by atoms with Gasteiger partial charge in [0.15, 0.2) is 0 Å². The third kappa shape index (κ3) is 3.44. The fourth-order valence-corrected chi connectivity index (χ4v) is 3.16. The lowest BCUT2D eigenvalue weighted by atomic mass is 9.96. The smallest absolute Gasteiger partial charge is 0.318 e. The van der Waals surface area contributed by atoms with E-state index in [-0.39, 0.29) is 24.7 Å². The molecule has 3 rings (SSSR count). The first kappa shape index (κ1) is 16.5. The summed E-state index contributed by atoms with van der Waals surface area (Å²) >= 11 is 0. The van der Waals surface area contributed by atoms with Crippen LogP contribution in [0.4, 0.5) is 4.79 Å². The van der Waals surface area contributed by atoms with Crippen LogP contribution in [0.1, 0.15) is 34.7 Å². The average Bonchev–Trinajstić information content (AvgIpc) is 2.52. The second-order valence-corrected chi connectivity index (χ2v) is 6.53. The summed E-state index contributed by atoms with van der Waals surface area (Å²) in [6.07, 6.45) is 0.865. The van der Waals surface area contributed by atoms with E-state index < -0.39 is 0 Å². The maximum atomic E-state index is 12.6. The summed E-state index contributed by atoms with van der Waals surface area (Å²) < 4.78 is 0. The molecular formula is C20H24N2O2. The van der Waals surface area contributed by atoms with Gasteiger partial charge in [-0.15, -0.1) is 0 Å². The molecule has 2 N–H and O–H groups in total. The Bertz CT molecular complexity index is 682. The molecule has 4 heteroatoms. The van der Waals surface area contributed by atoms with Crippen LogP contribution in [0.25, 0.3) is 0 Å². The number of hydrogen-bond donors (Lipinski definition) is 2. The summed E-state index contributed by atoms with van der Waals surface area (Å²) in [5, 5.41) is 12.5. The van der Waals surface area contributed by atoms with Gasteiger partial charge in [0, 0.05) is 6.54 Å². The zero-order chi connectivity index (χ0) is 17.1. The van der Waals surface area contributed by atoms with Crippen molar-refractivity contribution < 1.29 is 9.90 Å². The maximum Gasteiger partial charge on any atom is 0.318 e. The first-order chi connectivity index (χ1) is 11.6. The number of nitrogens with zero attached hydrogens (tertiary/aromatic N) is 1. The summed E-state index contributed by atoms with van der Waals surface area (Å²) in [7, 11) is 0. The Kier molecular flexibility index (Phi) is 4.86. The Morgan fingerprint density at radius 3 is 2.17 bits per heavy atom. The van der Waals surface area contributed by atoms with Crippen LogP contribution in [0.2, 0.25) is 0 Å². The Morgan fingerprint density at radius 1 is 1.17 bits per heavy atom. The van der Waals surface area contributed by atoms with E-state index in [4.69, 9.17) is 0 Å². The molecular weight excluding hydrogens is 300 g/mol. The van der Waals surface area contributed by atoms with Gasteiger partial charge in [0.2, 0.25) is 0 Å². The maximum absolute atomic E-state index is 12.6. The highest BCUT2D eigenvalue weighted by molar-refractivity contribution is 5.76. The largest absolute Gasteiger partial charge is 0.394 e. The van der Waals surface area contributed by atoms with E-state index in [0.717, 1.165) is 28.7 Å². The van der Waals surface area contributed by atoms with Crippen LogP contribution in [0.15, 0.2) is 48.5 Å². The molecule has 1 heterocycles. The fourth-order valence-electron chi connectivity index (χ4n) is 3.16. The van der Waals surface area contributed by atoms with Crippen LogP contribution in [0, 0.1) is 13.8 Å². The quantitative estimate of drug-likeness (QED) is 0.907. The van der Waals surface area contributed by atoms with Crippen molar-refractivity contribution in [2.45, 2.75) is 32.4 Å². The highest BCUT2D eigenvalue weighted by Gasteiger charge is 2.32. The predicted molar refractivity (Wildman–Crippen MR) is 94.9 cm³/mol. The Hall–Kier alpha value is -2.33. The first-order valence-corrected chi connectivity index (χ1v) is 8.39. The van der Waals surface area contributed by atoms with E-state index in [1.54, 1.807) is 4.90 Å². The molecule has 4 nitrogen and oxygen atoms in total. The minimum absolute atomic E-state index is 0.0208. The van der Waals surface area contributed by atoms with Gasteiger partial charge < -0.3 is 15.3 Å². The van der Waals surface area contributed by atoms with Crippen molar-refractivity contribution in [1.29, 1.82) is 0 Å². The SMILES string of the molecule is Cc1cccc(C(NC(=O)N2CCC2CO)c2cccc(C)c2)c1. The van der Waals surface area contributed by atoms with Gasteiger partial charge in [0.25, 0.3) is 0 Å². The molecule has 0 aromatic heterocycles. The number of benzene rings is 2. The van der Waals surface area contributed by atoms with Crippen molar-refractivity contribution in [3.05, 3.63) is 70.8 Å². The van der Waals surface area contributed by atoms with E-state index >= 15 is 0 Å². The highest BCUT2D eigenvalue weighted by Crippen LogP contribution is 2.25. The number of carbonyl (C=O) groups excluding carboxylic acids is 1. The van der Waals surface area contributed by atoms with Crippen LogP contribution in [-0.4, -0.2) is 35.2 Å². The first-order valence-electron chi connectivity index (χ1n) is 8.39. The zero-order valence-electron chi connectivity index (χ0n) is 14.2. The van der Waals surface area contributed by atoms with Crippen LogP contribution < -0.4 is 5.32 Å². The van der Waals surface area contributed by atoms with Crippen molar-refractivity contribution in [2.75, 3.05) is 13.2 Å². The van der Waals surface area contributed by atoms with Gasteiger partial charge >= 0.3 is 6.03 Å². The van der Waals surface area contributed by atoms with E-state index in [2.05, 4.69) is 43.4 Å². The van der Waals surface area contributed by atoms with E-state index in [9.17, 15) is 9.90 Å². The molecule has 0 spiro atoms. The summed E-state index contributed by atoms with van der Waals surface area (Å²) in [4.78, 5) is 14.3. The number of likely N-dealkylation sites (tertiary alicyclic amines) is 1. The number of aliphatic hydroxyl groups excluding tert-OH is 1. The highest BCUT2D eigenvalue weighted by atomic mass is 16.3. The van der Waals surface area contributed by atoms with Gasteiger partial charge in [0.05, 0.1) is 18.7 Å². The number of carbonyl (C=O) groups is 1. The number of aryl methyl sites for hydroxylation is 2. The molecule has 0 bridgehead atoms. The molecule has 2 amide bonds. The molecule has 2 aromatic carbocycles. The molecule has 1 fully saturated rings. The van der Waals surface area contributed by atoms with Gasteiger partial charge in [0.1, 0.15) is 0 Å². The van der Waals surface area contributed by atoms with Crippen molar-refractivity contribution in [3.63, 3.8) is 0 Å². The van der Waals surface area contributed by atoms with Gasteiger partial charge in [-0.05, 0) is 31.4 Å². The normalized spacial score (nSPS) is 16.8. The van der Waals surface area contributed by atoms with E-state index in [1.165, 1.54) is 0 Å². The van der Waals surface area contributed by atoms with Gasteiger partial charge in [-0.3, -0.25) is 0 Å². The number of hydrogen-bond acceptors (Lipinski definition) is 2. The number of urea groups is 1. The van der Waals surface area contributed by atoms with Gasteiger partial charge in [-0.2, -0.15) is 0 Å². The van der Waals surface area contributed by atoms with Crippen molar-refractivity contribution in [1.82, 2.24) is 10.2 Å². The standard InChI is InChI=1S/C20H24N2O2/c1-14-5-3-7-16(11-14)19(17-8-4-6-15(2)12-17)21-20(24)22-10-9-18(22)13-23/h3-8,11-12,18-19,23H,9-10,13H2,1-2H3,(H,21,24). The van der Waals surface area contributed by atoms with Crippen LogP contribution in [0.3, 0.4) is 0 Å². The summed E-state index contributed by atoms with van der Waals surface area (Å²) in [5.41, 5.74) is 4.46. The van der Waals surface area contributed by atoms with Crippen LogP contribution >= 0.6 is 0 Å². The van der Waals surface area contributed by atoms with Crippen molar-refractivity contribution >= 4 is 6.03 Å². The molecule has 1 aliphatic heterocycles. The third-order valence-electron chi connectivity index (χ3n) is 4.63. The average molecular weight is 324 g/mol. The molecule has 1 atom stereocenters. The molecule has 0 saturated carbocycles. The summed E-state index contributed by atoms with van der Waals surface area (Å²) in [5.74, 6) is 0. The van der Waals surface area contributed by atoms with Crippen LogP contribution in [-0.2, 0) is 0 Å². The Balaban J connectivity index is 1.89. The molecule has 1 aliphatic rings. The molecule has 24 heavy (non-hydrogen) atoms. The Morgan fingerprint density at radius 2 is 1.75 bits per heavy atom. The third-order valence-corrected chi connectivity index (χ3v) is 4.63. The second kappa shape index (κ2) is 7.05. The molecule has 1 unspecified atom stereocenters. The molecule has 1 saturated heterocycles. The van der Waals surface area contributed by atoms with Gasteiger partial charge in [-0.1, -0.05) is 59.7 Å². The number of nitrogens with one attached hydrogen (secondary N) is 1. The summed E-state index contributed by atoms with van der Waals surface area (Å²) in [6, 6.07) is 16.1. The molecule has 0 aliphatic carbocycles. The minimum atomic E-state index is -0.197. The van der Waals surface area contributed by atoms with Crippen molar-refractivity contribution in [3.8, 4) is 0 Å². The zero-order valence-corrected chi connectivity index (χ0v) is 14.2. The number of rotatable bonds is 4. The second-order valence-electron chi connectivity index (χ2n) is 6.53. The summed E-state index contributed by atoms with van der Waals surface area (Å²) in [6.45, 7) is 4.82. The Labute approximate surface area is 143 Å². The van der Waals surface area contributed by atoms with E-state index in [1.807, 2.05) is 24.3 Å². The van der Waals surface area contributed by atoms with Crippen molar-refractivity contribution in [2.24, 2.45) is 0 Å². The fraction of sp³-hybridized carbons (Fsp3) is 0.350. The van der Waals surface area contributed by atoms with Crippen LogP contribution in [0.5, 0.6) is 0 Å². The minimum Gasteiger partial charge on any atom is -0.394 e.